The topological polar surface area (TPSA) is 81.9 Å². The number of nitrogens with zero attached hydrogens (tertiary/aromatic N) is 2. The Bertz CT molecular complexity index is 1220. The quantitative estimate of drug-likeness (QED) is 0.205. The summed E-state index contributed by atoms with van der Waals surface area (Å²) in [6, 6.07) is 23.6. The minimum Gasteiger partial charge on any atom is -0.322 e. The predicted molar refractivity (Wildman–Crippen MR) is 130 cm³/mol. The summed E-state index contributed by atoms with van der Waals surface area (Å²) in [5.41, 5.74) is 3.76. The minimum absolute atomic E-state index is 0.0554. The van der Waals surface area contributed by atoms with Gasteiger partial charge < -0.3 is 13.9 Å². The monoisotopic (exact) mass is 464 g/mol. The molecule has 4 rings (SSSR count). The number of non-ortho nitro benzene ring substituents is 1. The molecule has 1 atom stereocenters. The number of nitro groups is 1. The van der Waals surface area contributed by atoms with Gasteiger partial charge in [-0.3, -0.25) is 14.7 Å². The third-order valence-electron chi connectivity index (χ3n) is 5.38. The van der Waals surface area contributed by atoms with Crippen LogP contribution in [0.3, 0.4) is 0 Å². The average Bonchev–Trinajstić information content (AvgIpc) is 2.83. The smallest absolute Gasteiger partial charge is 0.322 e. The molecule has 1 aliphatic rings. The van der Waals surface area contributed by atoms with Crippen molar-refractivity contribution in [2.24, 2.45) is 0 Å². The number of anilines is 1. The molecule has 3 aromatic rings. The highest BCUT2D eigenvalue weighted by Gasteiger charge is 2.45. The first-order valence-corrected chi connectivity index (χ1v) is 12.4. The maximum Gasteiger partial charge on any atom is 0.357 e. The lowest BCUT2D eigenvalue weighted by Gasteiger charge is -2.41. The summed E-state index contributed by atoms with van der Waals surface area (Å²) in [7, 11) is -3.73. The van der Waals surface area contributed by atoms with Gasteiger partial charge in [-0.1, -0.05) is 60.7 Å². The van der Waals surface area contributed by atoms with E-state index in [4.69, 9.17) is 9.05 Å². The van der Waals surface area contributed by atoms with Crippen molar-refractivity contribution in [3.63, 3.8) is 0 Å². The largest absolute Gasteiger partial charge is 0.357 e. The van der Waals surface area contributed by atoms with Crippen molar-refractivity contribution in [2.75, 3.05) is 18.1 Å². The number of hydrogen-bond donors (Lipinski definition) is 0. The molecule has 7 nitrogen and oxygen atoms in total. The number of rotatable bonds is 8. The van der Waals surface area contributed by atoms with Gasteiger partial charge in [-0.2, -0.15) is 0 Å². The van der Waals surface area contributed by atoms with E-state index < -0.39 is 18.3 Å². The summed E-state index contributed by atoms with van der Waals surface area (Å²) in [6.07, 6.45) is 2.00. The van der Waals surface area contributed by atoms with Gasteiger partial charge in [0, 0.05) is 17.8 Å². The lowest BCUT2D eigenvalue weighted by Crippen LogP contribution is -2.31. The number of benzene rings is 3. The number of hydrogen-bond acceptors (Lipinski definition) is 6. The Morgan fingerprint density at radius 2 is 1.61 bits per heavy atom. The predicted octanol–water partition coefficient (Wildman–Crippen LogP) is 6.88. The van der Waals surface area contributed by atoms with Crippen molar-refractivity contribution >= 4 is 30.7 Å². The van der Waals surface area contributed by atoms with E-state index in [1.807, 2.05) is 65.6 Å². The number of fused-ring (bicyclic) bond motifs is 1. The highest BCUT2D eigenvalue weighted by Crippen LogP contribution is 2.66. The number of nitro benzene ring substituents is 1. The summed E-state index contributed by atoms with van der Waals surface area (Å²) in [6.45, 7) is 3.93. The van der Waals surface area contributed by atoms with Crippen molar-refractivity contribution in [1.29, 1.82) is 0 Å². The zero-order valence-electron chi connectivity index (χ0n) is 18.5. The van der Waals surface area contributed by atoms with Gasteiger partial charge in [0.1, 0.15) is 0 Å². The molecule has 0 bridgehead atoms. The molecular weight excluding hydrogens is 439 g/mol. The van der Waals surface area contributed by atoms with Crippen LogP contribution in [0.4, 0.5) is 11.4 Å². The van der Waals surface area contributed by atoms with Crippen LogP contribution in [0.5, 0.6) is 0 Å². The molecule has 0 N–H and O–H groups in total. The Morgan fingerprint density at radius 3 is 2.27 bits per heavy atom. The van der Waals surface area contributed by atoms with Crippen molar-refractivity contribution in [3.8, 4) is 0 Å². The molecule has 33 heavy (non-hydrogen) atoms. The van der Waals surface area contributed by atoms with Crippen LogP contribution in [0.25, 0.3) is 11.8 Å². The fraction of sp³-hybridized carbons (Fsp3) is 0.200. The van der Waals surface area contributed by atoms with Gasteiger partial charge in [0.15, 0.2) is 5.78 Å². The molecule has 1 aliphatic heterocycles. The standard InChI is InChI=1S/C25H25N2O5P/c1-3-31-33(30,32-4-2)25-23-16-9-8-13-20(23)17-24(19-11-6-5-7-12-19)26(25)21-14-10-15-22(18-21)27(28)29/h5-18,25H,3-4H2,1-2H3. The van der Waals surface area contributed by atoms with Crippen LogP contribution in [-0.2, 0) is 13.6 Å². The van der Waals surface area contributed by atoms with Gasteiger partial charge in [-0.05, 0) is 42.7 Å². The van der Waals surface area contributed by atoms with Gasteiger partial charge in [0.2, 0.25) is 0 Å². The molecule has 0 amide bonds. The van der Waals surface area contributed by atoms with Gasteiger partial charge >= 0.3 is 7.60 Å². The van der Waals surface area contributed by atoms with Crippen LogP contribution in [0, 0.1) is 10.1 Å². The molecule has 1 unspecified atom stereocenters. The molecule has 0 spiro atoms. The third-order valence-corrected chi connectivity index (χ3v) is 7.72. The van der Waals surface area contributed by atoms with E-state index in [2.05, 4.69) is 0 Å². The minimum atomic E-state index is -3.73. The van der Waals surface area contributed by atoms with Crippen molar-refractivity contribution in [3.05, 3.63) is 106 Å². The molecule has 1 heterocycles. The van der Waals surface area contributed by atoms with Gasteiger partial charge in [0.05, 0.1) is 23.8 Å². The van der Waals surface area contributed by atoms with E-state index in [1.165, 1.54) is 12.1 Å². The summed E-state index contributed by atoms with van der Waals surface area (Å²) in [5.74, 6) is -0.823. The summed E-state index contributed by atoms with van der Waals surface area (Å²) >= 11 is 0. The van der Waals surface area contributed by atoms with Crippen LogP contribution < -0.4 is 4.90 Å². The molecule has 8 heteroatoms. The fourth-order valence-corrected chi connectivity index (χ4v) is 6.28. The lowest BCUT2D eigenvalue weighted by molar-refractivity contribution is -0.384. The first-order chi connectivity index (χ1) is 16.0. The Kier molecular flexibility index (Phi) is 6.75. The van der Waals surface area contributed by atoms with Gasteiger partial charge in [-0.15, -0.1) is 0 Å². The second kappa shape index (κ2) is 9.71. The molecule has 0 aliphatic carbocycles. The molecule has 0 saturated heterocycles. The first kappa shape index (κ1) is 22.9. The Morgan fingerprint density at radius 1 is 0.939 bits per heavy atom. The van der Waals surface area contributed by atoms with Crippen LogP contribution in [0.2, 0.25) is 0 Å². The van der Waals surface area contributed by atoms with E-state index in [0.717, 1.165) is 22.4 Å². The average molecular weight is 464 g/mol. The van der Waals surface area contributed by atoms with E-state index in [1.54, 1.807) is 26.0 Å². The molecule has 170 valence electrons. The normalized spacial score (nSPS) is 15.6. The summed E-state index contributed by atoms with van der Waals surface area (Å²) in [4.78, 5) is 12.9. The van der Waals surface area contributed by atoms with Gasteiger partial charge in [-0.25, -0.2) is 0 Å². The SMILES string of the molecule is CCOP(=O)(OCC)C1c2ccccc2C=C(c2ccccc2)N1c1cccc([N+](=O)[O-])c1. The second-order valence-electron chi connectivity index (χ2n) is 7.42. The van der Waals surface area contributed by atoms with Gasteiger partial charge in [0.25, 0.3) is 5.69 Å². The molecule has 0 saturated carbocycles. The molecular formula is C25H25N2O5P. The van der Waals surface area contributed by atoms with Crippen LogP contribution in [0.15, 0.2) is 78.9 Å². The van der Waals surface area contributed by atoms with Crippen LogP contribution in [-0.4, -0.2) is 18.1 Å². The Hall–Kier alpha value is -3.25. The maximum absolute atomic E-state index is 14.3. The first-order valence-electron chi connectivity index (χ1n) is 10.8. The fourth-order valence-electron chi connectivity index (χ4n) is 4.08. The molecule has 0 radical (unpaired) electrons. The van der Waals surface area contributed by atoms with E-state index in [9.17, 15) is 14.7 Å². The molecule has 0 aromatic heterocycles. The van der Waals surface area contributed by atoms with E-state index in [0.29, 0.717) is 5.69 Å². The third kappa shape index (κ3) is 4.48. The second-order valence-corrected chi connectivity index (χ2v) is 9.51. The van der Waals surface area contributed by atoms with Crippen LogP contribution in [0.1, 0.15) is 36.3 Å². The molecule has 0 fully saturated rings. The Balaban J connectivity index is 2.03. The highest BCUT2D eigenvalue weighted by atomic mass is 31.2. The zero-order valence-corrected chi connectivity index (χ0v) is 19.4. The van der Waals surface area contributed by atoms with Crippen molar-refractivity contribution in [1.82, 2.24) is 0 Å². The van der Waals surface area contributed by atoms with E-state index in [-0.39, 0.29) is 18.9 Å². The summed E-state index contributed by atoms with van der Waals surface area (Å²) < 4.78 is 25.9. The highest BCUT2D eigenvalue weighted by molar-refractivity contribution is 7.54. The Labute approximate surface area is 193 Å². The van der Waals surface area contributed by atoms with Crippen LogP contribution >= 0.6 is 7.60 Å². The molecule has 3 aromatic carbocycles. The summed E-state index contributed by atoms with van der Waals surface area (Å²) in [5, 5.41) is 11.5. The van der Waals surface area contributed by atoms with E-state index >= 15 is 0 Å². The zero-order chi connectivity index (χ0) is 23.4. The maximum atomic E-state index is 14.3. The van der Waals surface area contributed by atoms with Crippen molar-refractivity contribution < 1.29 is 18.5 Å². The lowest BCUT2D eigenvalue weighted by atomic mass is 9.97. The van der Waals surface area contributed by atoms with Crippen molar-refractivity contribution in [2.45, 2.75) is 19.6 Å².